The van der Waals surface area contributed by atoms with Crippen LogP contribution in [0.4, 0.5) is 0 Å². The van der Waals surface area contributed by atoms with E-state index in [1.165, 1.54) is 0 Å². The molecule has 0 radical (unpaired) electrons. The second-order valence-corrected chi connectivity index (χ2v) is 1.05. The Labute approximate surface area is 53.8 Å². The Morgan fingerprint density at radius 3 is 1.83 bits per heavy atom. The second-order valence-electron chi connectivity index (χ2n) is 1.05. The van der Waals surface area contributed by atoms with Gasteiger partial charge in [0.25, 0.3) is 0 Å². The third kappa shape index (κ3) is 8.89. The third-order valence-corrected chi connectivity index (χ3v) is 0.348. The molecule has 0 aliphatic rings. The number of hydrogen-bond donors (Lipinski definition) is 0. The minimum absolute atomic E-state index is 0. The van der Waals surface area contributed by atoms with Crippen LogP contribution in [0.25, 0.3) is 0 Å². The maximum absolute atomic E-state index is 3.56. The summed E-state index contributed by atoms with van der Waals surface area (Å²) >= 11 is 0. The first-order valence-corrected chi connectivity index (χ1v) is 1.55. The van der Waals surface area contributed by atoms with Crippen LogP contribution in [-0.2, 0) is 21.7 Å². The van der Waals surface area contributed by atoms with E-state index in [9.17, 15) is 0 Å². The molecule has 0 atom stereocenters. The summed E-state index contributed by atoms with van der Waals surface area (Å²) in [7, 11) is 0. The Morgan fingerprint density at radius 1 is 1.67 bits per heavy atom. The molecule has 0 saturated heterocycles. The van der Waals surface area contributed by atoms with Gasteiger partial charge < -0.3 is 0 Å². The summed E-state index contributed by atoms with van der Waals surface area (Å²) in [4.78, 5) is 0. The maximum atomic E-state index is 3.56. The molecule has 0 spiro atoms. The largest absolute Gasteiger partial charge is 4.00 e. The standard InChI is InChI=1S/C5H8.Ti/c1-4-5(2)3;/h4H,1-2H2,3H3;/q;+4. The Balaban J connectivity index is 0. The van der Waals surface area contributed by atoms with Crippen LogP contribution >= 0.6 is 0 Å². The van der Waals surface area contributed by atoms with Gasteiger partial charge in [-0.1, -0.05) is 24.8 Å². The van der Waals surface area contributed by atoms with Gasteiger partial charge in [0, 0.05) is 0 Å². The molecule has 1 heteroatoms. The van der Waals surface area contributed by atoms with E-state index in [0.717, 1.165) is 5.57 Å². The molecule has 0 aromatic carbocycles. The summed E-state index contributed by atoms with van der Waals surface area (Å²) in [6.45, 7) is 8.93. The van der Waals surface area contributed by atoms with Gasteiger partial charge >= 0.3 is 21.7 Å². The van der Waals surface area contributed by atoms with Crippen molar-refractivity contribution in [1.29, 1.82) is 0 Å². The molecular formula is C5H8Ti+4. The average Bonchev–Trinajstić information content (AvgIpc) is 1.38. The molecule has 28 valence electrons. The summed E-state index contributed by atoms with van der Waals surface area (Å²) in [5.74, 6) is 0. The second kappa shape index (κ2) is 5.19. The molecule has 0 nitrogen and oxygen atoms in total. The average molecular weight is 116 g/mol. The first-order valence-electron chi connectivity index (χ1n) is 1.55. The fraction of sp³-hybridized carbons (Fsp3) is 0.200. The van der Waals surface area contributed by atoms with Crippen LogP contribution in [0.2, 0.25) is 0 Å². The van der Waals surface area contributed by atoms with Gasteiger partial charge in [0.05, 0.1) is 0 Å². The molecule has 0 N–H and O–H groups in total. The predicted octanol–water partition coefficient (Wildman–Crippen LogP) is 1.75. The van der Waals surface area contributed by atoms with Crippen molar-refractivity contribution in [2.24, 2.45) is 0 Å². The molecule has 0 bridgehead atoms. The van der Waals surface area contributed by atoms with Crippen molar-refractivity contribution in [2.75, 3.05) is 0 Å². The molecule has 0 aliphatic heterocycles. The minimum atomic E-state index is 0. The van der Waals surface area contributed by atoms with E-state index in [4.69, 9.17) is 0 Å². The summed E-state index contributed by atoms with van der Waals surface area (Å²) in [6.07, 6.45) is 1.72. The molecule has 0 fully saturated rings. The SMILES string of the molecule is C=CC(=C)C.[Ti+4]. The van der Waals surface area contributed by atoms with Crippen LogP contribution in [0.5, 0.6) is 0 Å². The Hall–Kier alpha value is 0.194. The van der Waals surface area contributed by atoms with Crippen LogP contribution in [0.1, 0.15) is 6.92 Å². The molecule has 0 unspecified atom stereocenters. The summed E-state index contributed by atoms with van der Waals surface area (Å²) in [5.41, 5.74) is 1.02. The van der Waals surface area contributed by atoms with Gasteiger partial charge in [0.1, 0.15) is 0 Å². The molecule has 0 amide bonds. The number of allylic oxidation sites excluding steroid dienone is 2. The van der Waals surface area contributed by atoms with E-state index < -0.39 is 0 Å². The fourth-order valence-electron chi connectivity index (χ4n) is 0. The summed E-state index contributed by atoms with van der Waals surface area (Å²) in [5, 5.41) is 0. The van der Waals surface area contributed by atoms with E-state index in [-0.39, 0.29) is 21.7 Å². The molecule has 0 aromatic heterocycles. The third-order valence-electron chi connectivity index (χ3n) is 0.348. The first-order chi connectivity index (χ1) is 2.27. The zero-order valence-electron chi connectivity index (χ0n) is 3.99. The van der Waals surface area contributed by atoms with Crippen LogP contribution in [0, 0.1) is 0 Å². The molecule has 0 heterocycles. The Kier molecular flexibility index (Phi) is 8.22. The fourth-order valence-corrected chi connectivity index (χ4v) is 0. The van der Waals surface area contributed by atoms with Gasteiger partial charge in [-0.05, 0) is 6.92 Å². The molecular weight excluding hydrogens is 108 g/mol. The van der Waals surface area contributed by atoms with Crippen molar-refractivity contribution in [3.05, 3.63) is 24.8 Å². The van der Waals surface area contributed by atoms with Crippen LogP contribution in [0.15, 0.2) is 24.8 Å². The molecule has 0 aromatic rings. The van der Waals surface area contributed by atoms with E-state index in [1.807, 2.05) is 6.92 Å². The Bertz CT molecular complexity index is 55.0. The molecule has 0 rings (SSSR count). The van der Waals surface area contributed by atoms with Crippen molar-refractivity contribution in [2.45, 2.75) is 6.92 Å². The van der Waals surface area contributed by atoms with Crippen molar-refractivity contribution in [3.63, 3.8) is 0 Å². The molecule has 0 aliphatic carbocycles. The first kappa shape index (κ1) is 9.50. The minimum Gasteiger partial charge on any atom is -0.0988 e. The molecule has 6 heavy (non-hydrogen) atoms. The van der Waals surface area contributed by atoms with Gasteiger partial charge in [0.2, 0.25) is 0 Å². The summed E-state index contributed by atoms with van der Waals surface area (Å²) in [6, 6.07) is 0. The van der Waals surface area contributed by atoms with Crippen molar-refractivity contribution >= 4 is 0 Å². The van der Waals surface area contributed by atoms with Gasteiger partial charge in [-0.2, -0.15) is 0 Å². The van der Waals surface area contributed by atoms with Gasteiger partial charge in [0.15, 0.2) is 0 Å². The Morgan fingerprint density at radius 2 is 1.83 bits per heavy atom. The van der Waals surface area contributed by atoms with E-state index in [2.05, 4.69) is 13.2 Å². The topological polar surface area (TPSA) is 0 Å². The van der Waals surface area contributed by atoms with Crippen LogP contribution < -0.4 is 0 Å². The summed E-state index contributed by atoms with van der Waals surface area (Å²) < 4.78 is 0. The van der Waals surface area contributed by atoms with Crippen molar-refractivity contribution in [1.82, 2.24) is 0 Å². The van der Waals surface area contributed by atoms with Gasteiger partial charge in [-0.25, -0.2) is 0 Å². The number of hydrogen-bond acceptors (Lipinski definition) is 0. The van der Waals surface area contributed by atoms with Crippen LogP contribution in [0.3, 0.4) is 0 Å². The van der Waals surface area contributed by atoms with E-state index >= 15 is 0 Å². The number of rotatable bonds is 1. The monoisotopic (exact) mass is 116 g/mol. The van der Waals surface area contributed by atoms with Crippen molar-refractivity contribution < 1.29 is 21.7 Å². The van der Waals surface area contributed by atoms with Gasteiger partial charge in [-0.3, -0.25) is 0 Å². The van der Waals surface area contributed by atoms with Crippen LogP contribution in [-0.4, -0.2) is 0 Å². The molecule has 0 saturated carbocycles. The van der Waals surface area contributed by atoms with E-state index in [1.54, 1.807) is 6.08 Å². The zero-order chi connectivity index (χ0) is 4.28. The quantitative estimate of drug-likeness (QED) is 0.361. The maximum Gasteiger partial charge on any atom is 4.00 e. The smallest absolute Gasteiger partial charge is 0.0988 e. The normalized spacial score (nSPS) is 5.50. The predicted molar refractivity (Wildman–Crippen MR) is 25.0 cm³/mol. The van der Waals surface area contributed by atoms with E-state index in [0.29, 0.717) is 0 Å². The van der Waals surface area contributed by atoms with Gasteiger partial charge in [-0.15, -0.1) is 0 Å². The zero-order valence-corrected chi connectivity index (χ0v) is 5.55. The van der Waals surface area contributed by atoms with Crippen molar-refractivity contribution in [3.8, 4) is 0 Å².